The van der Waals surface area contributed by atoms with E-state index in [0.29, 0.717) is 13.2 Å². The summed E-state index contributed by atoms with van der Waals surface area (Å²) in [6.45, 7) is 0.891. The summed E-state index contributed by atoms with van der Waals surface area (Å²) in [5.74, 6) is 0.764. The average Bonchev–Trinajstić information content (AvgIpc) is 2.98. The van der Waals surface area contributed by atoms with Crippen LogP contribution in [0.4, 0.5) is 0 Å². The Morgan fingerprint density at radius 2 is 2.18 bits per heavy atom. The van der Waals surface area contributed by atoms with E-state index < -0.39 is 6.10 Å². The summed E-state index contributed by atoms with van der Waals surface area (Å²) in [7, 11) is 0. The molecule has 1 fully saturated rings. The van der Waals surface area contributed by atoms with Gasteiger partial charge in [0, 0.05) is 18.6 Å². The Balaban J connectivity index is 2.00. The van der Waals surface area contributed by atoms with Gasteiger partial charge in [-0.25, -0.2) is 4.98 Å². The number of imidazole rings is 1. The third kappa shape index (κ3) is 1.83. The Morgan fingerprint density at radius 3 is 2.88 bits per heavy atom. The lowest BCUT2D eigenvalue weighted by atomic mass is 10.2. The Bertz CT molecular complexity index is 497. The molecule has 5 heteroatoms. The largest absolute Gasteiger partial charge is 0.388 e. The number of aliphatic hydroxyl groups is 1. The normalized spacial score (nSPS) is 24.1. The fourth-order valence-corrected chi connectivity index (χ4v) is 2.07. The first-order valence-electron chi connectivity index (χ1n) is 5.56. The van der Waals surface area contributed by atoms with Crippen molar-refractivity contribution in [1.29, 1.82) is 0 Å². The first kappa shape index (κ1) is 10.4. The highest BCUT2D eigenvalue weighted by Crippen LogP contribution is 2.25. The summed E-state index contributed by atoms with van der Waals surface area (Å²) in [5.41, 5.74) is 0.802. The summed E-state index contributed by atoms with van der Waals surface area (Å²) in [5, 5.41) is 9.84. The van der Waals surface area contributed by atoms with Crippen molar-refractivity contribution in [2.45, 2.75) is 12.1 Å². The van der Waals surface area contributed by atoms with Crippen molar-refractivity contribution in [2.75, 3.05) is 13.2 Å². The summed E-state index contributed by atoms with van der Waals surface area (Å²) in [6.07, 6.45) is 4.82. The maximum Gasteiger partial charge on any atom is 0.159 e. The zero-order chi connectivity index (χ0) is 11.7. The number of rotatable bonds is 2. The van der Waals surface area contributed by atoms with Crippen molar-refractivity contribution in [3.8, 4) is 11.5 Å². The van der Waals surface area contributed by atoms with Crippen molar-refractivity contribution in [1.82, 2.24) is 14.5 Å². The van der Waals surface area contributed by atoms with Crippen LogP contribution in [0.25, 0.3) is 11.5 Å². The van der Waals surface area contributed by atoms with E-state index in [1.165, 1.54) is 0 Å². The zero-order valence-corrected chi connectivity index (χ0v) is 9.23. The van der Waals surface area contributed by atoms with Crippen LogP contribution < -0.4 is 0 Å². The van der Waals surface area contributed by atoms with E-state index in [-0.39, 0.29) is 6.04 Å². The number of aromatic nitrogens is 3. The van der Waals surface area contributed by atoms with E-state index in [1.807, 2.05) is 29.0 Å². The number of hydrogen-bond acceptors (Lipinski definition) is 4. The van der Waals surface area contributed by atoms with E-state index in [1.54, 1.807) is 12.4 Å². The second kappa shape index (κ2) is 4.27. The molecule has 1 aliphatic heterocycles. The van der Waals surface area contributed by atoms with E-state index in [0.717, 1.165) is 11.5 Å². The van der Waals surface area contributed by atoms with Gasteiger partial charge in [-0.2, -0.15) is 0 Å². The van der Waals surface area contributed by atoms with E-state index >= 15 is 0 Å². The highest BCUT2D eigenvalue weighted by atomic mass is 16.5. The van der Waals surface area contributed by atoms with Gasteiger partial charge in [0.05, 0.1) is 19.3 Å². The Labute approximate surface area is 98.7 Å². The fraction of sp³-hybridized carbons (Fsp3) is 0.333. The van der Waals surface area contributed by atoms with Gasteiger partial charge in [-0.05, 0) is 12.1 Å². The summed E-state index contributed by atoms with van der Waals surface area (Å²) in [4.78, 5) is 8.57. The van der Waals surface area contributed by atoms with Crippen LogP contribution in [-0.2, 0) is 4.74 Å². The van der Waals surface area contributed by atoms with Gasteiger partial charge in [-0.15, -0.1) is 0 Å². The minimum Gasteiger partial charge on any atom is -0.388 e. The molecule has 0 amide bonds. The minimum absolute atomic E-state index is 0.0745. The van der Waals surface area contributed by atoms with Crippen molar-refractivity contribution >= 4 is 0 Å². The van der Waals surface area contributed by atoms with Crippen LogP contribution >= 0.6 is 0 Å². The lowest BCUT2D eigenvalue weighted by Gasteiger charge is -2.16. The summed E-state index contributed by atoms with van der Waals surface area (Å²) >= 11 is 0. The molecule has 0 aromatic carbocycles. The molecule has 0 bridgehead atoms. The van der Waals surface area contributed by atoms with Crippen LogP contribution in [0.1, 0.15) is 6.04 Å². The van der Waals surface area contributed by atoms with Gasteiger partial charge in [0.1, 0.15) is 11.8 Å². The lowest BCUT2D eigenvalue weighted by molar-refractivity contribution is 0.119. The van der Waals surface area contributed by atoms with Gasteiger partial charge in [0.15, 0.2) is 5.82 Å². The smallest absolute Gasteiger partial charge is 0.159 e. The fourth-order valence-electron chi connectivity index (χ4n) is 2.07. The van der Waals surface area contributed by atoms with E-state index in [9.17, 15) is 5.11 Å². The SMILES string of the molecule is O[C@@H]1COC[C@@H]1n1ccnc1-c1ccccn1. The molecule has 17 heavy (non-hydrogen) atoms. The molecule has 0 spiro atoms. The van der Waals surface area contributed by atoms with Crippen LogP contribution in [0.2, 0.25) is 0 Å². The van der Waals surface area contributed by atoms with Gasteiger partial charge in [0.25, 0.3) is 0 Å². The number of aliphatic hydroxyl groups excluding tert-OH is 1. The molecule has 3 heterocycles. The minimum atomic E-state index is -0.480. The predicted octanol–water partition coefficient (Wildman–Crippen LogP) is 0.877. The van der Waals surface area contributed by atoms with Gasteiger partial charge >= 0.3 is 0 Å². The highest BCUT2D eigenvalue weighted by Gasteiger charge is 2.29. The van der Waals surface area contributed by atoms with Crippen LogP contribution in [0.15, 0.2) is 36.8 Å². The summed E-state index contributed by atoms with van der Waals surface area (Å²) in [6, 6.07) is 5.61. The predicted molar refractivity (Wildman–Crippen MR) is 61.3 cm³/mol. The molecule has 0 unspecified atom stereocenters. The van der Waals surface area contributed by atoms with Crippen LogP contribution in [0.5, 0.6) is 0 Å². The molecule has 0 saturated carbocycles. The summed E-state index contributed by atoms with van der Waals surface area (Å²) < 4.78 is 7.20. The molecule has 5 nitrogen and oxygen atoms in total. The molecule has 1 saturated heterocycles. The molecule has 3 rings (SSSR count). The number of nitrogens with zero attached hydrogens (tertiary/aromatic N) is 3. The van der Waals surface area contributed by atoms with E-state index in [4.69, 9.17) is 4.74 Å². The van der Waals surface area contributed by atoms with Crippen molar-refractivity contribution in [2.24, 2.45) is 0 Å². The van der Waals surface area contributed by atoms with Crippen molar-refractivity contribution in [3.63, 3.8) is 0 Å². The Kier molecular flexibility index (Phi) is 2.62. The van der Waals surface area contributed by atoms with Gasteiger partial charge in [0.2, 0.25) is 0 Å². The third-order valence-electron chi connectivity index (χ3n) is 2.94. The molecule has 0 radical (unpaired) electrons. The first-order valence-corrected chi connectivity index (χ1v) is 5.56. The molecule has 1 aliphatic rings. The highest BCUT2D eigenvalue weighted by molar-refractivity contribution is 5.49. The van der Waals surface area contributed by atoms with E-state index in [2.05, 4.69) is 9.97 Å². The lowest BCUT2D eigenvalue weighted by Crippen LogP contribution is -2.22. The zero-order valence-electron chi connectivity index (χ0n) is 9.23. The van der Waals surface area contributed by atoms with Gasteiger partial charge in [-0.1, -0.05) is 6.07 Å². The van der Waals surface area contributed by atoms with Gasteiger partial charge < -0.3 is 14.4 Å². The average molecular weight is 231 g/mol. The molecular formula is C12H13N3O2. The first-order chi connectivity index (χ1) is 8.36. The van der Waals surface area contributed by atoms with Crippen LogP contribution in [0.3, 0.4) is 0 Å². The second-order valence-electron chi connectivity index (χ2n) is 4.05. The quantitative estimate of drug-likeness (QED) is 0.833. The molecule has 0 aliphatic carbocycles. The molecule has 2 atom stereocenters. The monoisotopic (exact) mass is 231 g/mol. The second-order valence-corrected chi connectivity index (χ2v) is 4.05. The number of ether oxygens (including phenoxy) is 1. The Morgan fingerprint density at radius 1 is 1.24 bits per heavy atom. The molecule has 2 aromatic heterocycles. The van der Waals surface area contributed by atoms with Crippen molar-refractivity contribution in [3.05, 3.63) is 36.8 Å². The number of pyridine rings is 1. The van der Waals surface area contributed by atoms with Crippen molar-refractivity contribution < 1.29 is 9.84 Å². The molecule has 1 N–H and O–H groups in total. The molecule has 88 valence electrons. The van der Waals surface area contributed by atoms with Crippen LogP contribution in [-0.4, -0.2) is 39.0 Å². The maximum absolute atomic E-state index is 9.84. The third-order valence-corrected chi connectivity index (χ3v) is 2.94. The topological polar surface area (TPSA) is 60.2 Å². The number of hydrogen-bond donors (Lipinski definition) is 1. The standard InChI is InChI=1S/C12H13N3O2/c16-11-8-17-7-10(11)15-6-5-14-12(15)9-3-1-2-4-13-9/h1-6,10-11,16H,7-8H2/t10-,11+/m0/s1. The van der Waals surface area contributed by atoms with Gasteiger partial charge in [-0.3, -0.25) is 4.98 Å². The Hall–Kier alpha value is -1.72. The molecular weight excluding hydrogens is 218 g/mol. The molecule has 2 aromatic rings. The maximum atomic E-state index is 9.84. The van der Waals surface area contributed by atoms with Crippen LogP contribution in [0, 0.1) is 0 Å².